The van der Waals surface area contributed by atoms with E-state index in [4.69, 9.17) is 0 Å². The monoisotopic (exact) mass is 387 g/mol. The number of carbonyl (C=O) groups excluding carboxylic acids is 2. The molecule has 0 aliphatic heterocycles. The second-order valence-corrected chi connectivity index (χ2v) is 6.17. The molecule has 5 nitrogen and oxygen atoms in total. The summed E-state index contributed by atoms with van der Waals surface area (Å²) in [5.74, 6) is -0.506. The molecule has 0 radical (unpaired) electrons. The van der Waals surface area contributed by atoms with Crippen molar-refractivity contribution in [2.75, 3.05) is 5.32 Å². The summed E-state index contributed by atoms with van der Waals surface area (Å²) >= 11 is 3.35. The molecule has 2 aromatic carbocycles. The summed E-state index contributed by atoms with van der Waals surface area (Å²) < 4.78 is 0.975. The maximum absolute atomic E-state index is 11.8. The van der Waals surface area contributed by atoms with Crippen LogP contribution in [0.3, 0.4) is 0 Å². The number of hydrogen-bond donors (Lipinski definition) is 2. The number of hydrogen-bond acceptors (Lipinski definition) is 3. The van der Waals surface area contributed by atoms with Gasteiger partial charge in [-0.2, -0.15) is 5.10 Å². The SMILES string of the molecule is Cc1ccc(NC(=O)CCC(=O)N/N=C/c2ccc(Br)cc2)cc1. The van der Waals surface area contributed by atoms with Crippen molar-refractivity contribution in [2.45, 2.75) is 19.8 Å². The van der Waals surface area contributed by atoms with Gasteiger partial charge in [-0.3, -0.25) is 9.59 Å². The minimum Gasteiger partial charge on any atom is -0.326 e. The van der Waals surface area contributed by atoms with E-state index in [0.717, 1.165) is 21.3 Å². The molecule has 0 aliphatic rings. The molecule has 0 atom stereocenters. The van der Waals surface area contributed by atoms with Crippen LogP contribution in [0.1, 0.15) is 24.0 Å². The minimum absolute atomic E-state index is 0.0787. The second kappa shape index (κ2) is 8.98. The van der Waals surface area contributed by atoms with Crippen molar-refractivity contribution >= 4 is 39.6 Å². The van der Waals surface area contributed by atoms with Gasteiger partial charge in [-0.15, -0.1) is 0 Å². The van der Waals surface area contributed by atoms with Gasteiger partial charge in [0.15, 0.2) is 0 Å². The first-order chi connectivity index (χ1) is 11.5. The first kappa shape index (κ1) is 17.9. The molecule has 0 fully saturated rings. The fourth-order valence-electron chi connectivity index (χ4n) is 1.87. The number of rotatable bonds is 6. The molecular weight excluding hydrogens is 370 g/mol. The molecule has 2 rings (SSSR count). The Balaban J connectivity index is 1.71. The lowest BCUT2D eigenvalue weighted by atomic mass is 10.2. The number of hydrazone groups is 1. The quantitative estimate of drug-likeness (QED) is 0.586. The van der Waals surface area contributed by atoms with Gasteiger partial charge in [0.25, 0.3) is 0 Å². The number of carbonyl (C=O) groups is 2. The van der Waals surface area contributed by atoms with E-state index in [0.29, 0.717) is 0 Å². The van der Waals surface area contributed by atoms with Gasteiger partial charge in [0, 0.05) is 23.0 Å². The van der Waals surface area contributed by atoms with Crippen molar-refractivity contribution in [1.82, 2.24) is 5.43 Å². The van der Waals surface area contributed by atoms with Crippen LogP contribution in [-0.2, 0) is 9.59 Å². The third-order valence-electron chi connectivity index (χ3n) is 3.19. The molecule has 2 N–H and O–H groups in total. The van der Waals surface area contributed by atoms with Gasteiger partial charge in [-0.05, 0) is 36.8 Å². The molecule has 2 amide bonds. The lowest BCUT2D eigenvalue weighted by Gasteiger charge is -2.05. The van der Waals surface area contributed by atoms with Crippen LogP contribution in [-0.4, -0.2) is 18.0 Å². The highest BCUT2D eigenvalue weighted by Gasteiger charge is 2.06. The lowest BCUT2D eigenvalue weighted by Crippen LogP contribution is -2.20. The van der Waals surface area contributed by atoms with Gasteiger partial charge in [0.05, 0.1) is 6.21 Å². The van der Waals surface area contributed by atoms with Crippen molar-refractivity contribution < 1.29 is 9.59 Å². The third kappa shape index (κ3) is 6.34. The molecule has 0 spiro atoms. The largest absolute Gasteiger partial charge is 0.326 e. The molecular formula is C18H18BrN3O2. The first-order valence-corrected chi connectivity index (χ1v) is 8.26. The predicted octanol–water partition coefficient (Wildman–Crippen LogP) is 3.63. The molecule has 0 saturated heterocycles. The number of nitrogens with one attached hydrogen (secondary N) is 2. The maximum Gasteiger partial charge on any atom is 0.240 e. The summed E-state index contributed by atoms with van der Waals surface area (Å²) in [6.45, 7) is 1.98. The summed E-state index contributed by atoms with van der Waals surface area (Å²) in [5, 5.41) is 6.62. The normalized spacial score (nSPS) is 10.6. The minimum atomic E-state index is -0.303. The van der Waals surface area contributed by atoms with Crippen molar-refractivity contribution in [3.05, 3.63) is 64.1 Å². The molecule has 124 valence electrons. The summed E-state index contributed by atoms with van der Waals surface area (Å²) in [7, 11) is 0. The summed E-state index contributed by atoms with van der Waals surface area (Å²) in [6.07, 6.45) is 1.74. The van der Waals surface area contributed by atoms with Gasteiger partial charge < -0.3 is 5.32 Å². The fraction of sp³-hybridized carbons (Fsp3) is 0.167. The van der Waals surface area contributed by atoms with Crippen LogP contribution >= 0.6 is 15.9 Å². The van der Waals surface area contributed by atoms with Crippen LogP contribution in [0, 0.1) is 6.92 Å². The Morgan fingerprint density at radius 2 is 1.62 bits per heavy atom. The Kier molecular flexibility index (Phi) is 6.69. The van der Waals surface area contributed by atoms with Gasteiger partial charge >= 0.3 is 0 Å². The lowest BCUT2D eigenvalue weighted by molar-refractivity contribution is -0.124. The molecule has 0 saturated carbocycles. The van der Waals surface area contributed by atoms with Crippen LogP contribution in [0.15, 0.2) is 58.1 Å². The third-order valence-corrected chi connectivity index (χ3v) is 3.72. The molecule has 2 aromatic rings. The first-order valence-electron chi connectivity index (χ1n) is 7.47. The molecule has 0 heterocycles. The maximum atomic E-state index is 11.8. The zero-order valence-corrected chi connectivity index (χ0v) is 14.8. The van der Waals surface area contributed by atoms with Gasteiger partial charge in [0.2, 0.25) is 11.8 Å². The number of halogens is 1. The highest BCUT2D eigenvalue weighted by Crippen LogP contribution is 2.10. The van der Waals surface area contributed by atoms with Crippen molar-refractivity contribution in [3.8, 4) is 0 Å². The van der Waals surface area contributed by atoms with E-state index < -0.39 is 0 Å². The second-order valence-electron chi connectivity index (χ2n) is 5.26. The van der Waals surface area contributed by atoms with Gasteiger partial charge in [-0.1, -0.05) is 45.8 Å². The molecule has 0 bridgehead atoms. The van der Waals surface area contributed by atoms with Crippen molar-refractivity contribution in [3.63, 3.8) is 0 Å². The topological polar surface area (TPSA) is 70.6 Å². The number of anilines is 1. The number of amides is 2. The zero-order valence-electron chi connectivity index (χ0n) is 13.3. The summed E-state index contributed by atoms with van der Waals surface area (Å²) in [4.78, 5) is 23.5. The van der Waals surface area contributed by atoms with Crippen LogP contribution in [0.25, 0.3) is 0 Å². The van der Waals surface area contributed by atoms with E-state index in [2.05, 4.69) is 31.8 Å². The van der Waals surface area contributed by atoms with Crippen LogP contribution in [0.2, 0.25) is 0 Å². The number of benzene rings is 2. The molecule has 24 heavy (non-hydrogen) atoms. The fourth-order valence-corrected chi connectivity index (χ4v) is 2.14. The number of nitrogens with zero attached hydrogens (tertiary/aromatic N) is 1. The average Bonchev–Trinajstić information content (AvgIpc) is 2.57. The van der Waals surface area contributed by atoms with E-state index in [9.17, 15) is 9.59 Å². The Morgan fingerprint density at radius 1 is 1.00 bits per heavy atom. The van der Waals surface area contributed by atoms with Gasteiger partial charge in [-0.25, -0.2) is 5.43 Å². The highest BCUT2D eigenvalue weighted by molar-refractivity contribution is 9.10. The van der Waals surface area contributed by atoms with Crippen molar-refractivity contribution in [2.24, 2.45) is 5.10 Å². The Labute approximate surface area is 149 Å². The Bertz CT molecular complexity index is 725. The van der Waals surface area contributed by atoms with E-state index in [-0.39, 0.29) is 24.7 Å². The average molecular weight is 388 g/mol. The zero-order chi connectivity index (χ0) is 17.4. The highest BCUT2D eigenvalue weighted by atomic mass is 79.9. The van der Waals surface area contributed by atoms with Crippen molar-refractivity contribution in [1.29, 1.82) is 0 Å². The van der Waals surface area contributed by atoms with E-state index in [1.807, 2.05) is 55.5 Å². The summed E-state index contributed by atoms with van der Waals surface area (Å²) in [6, 6.07) is 15.0. The van der Waals surface area contributed by atoms with Crippen LogP contribution in [0.4, 0.5) is 5.69 Å². The standard InChI is InChI=1S/C18H18BrN3O2/c1-13-2-8-16(9-3-13)21-17(23)10-11-18(24)22-20-12-14-4-6-15(19)7-5-14/h2-9,12H,10-11H2,1H3,(H,21,23)(H,22,24)/b20-12+. The molecule has 6 heteroatoms. The predicted molar refractivity (Wildman–Crippen MR) is 98.9 cm³/mol. The smallest absolute Gasteiger partial charge is 0.240 e. The van der Waals surface area contributed by atoms with Gasteiger partial charge in [0.1, 0.15) is 0 Å². The summed E-state index contributed by atoms with van der Waals surface area (Å²) in [5.41, 5.74) is 5.13. The van der Waals surface area contributed by atoms with E-state index in [1.54, 1.807) is 6.21 Å². The molecule has 0 aromatic heterocycles. The Morgan fingerprint density at radius 3 is 2.29 bits per heavy atom. The Hall–Kier alpha value is -2.47. The van der Waals surface area contributed by atoms with E-state index in [1.165, 1.54) is 0 Å². The van der Waals surface area contributed by atoms with Crippen LogP contribution < -0.4 is 10.7 Å². The molecule has 0 aliphatic carbocycles. The van der Waals surface area contributed by atoms with E-state index >= 15 is 0 Å². The number of aryl methyl sites for hydroxylation is 1. The van der Waals surface area contributed by atoms with Crippen LogP contribution in [0.5, 0.6) is 0 Å². The molecule has 0 unspecified atom stereocenters.